The Bertz CT molecular complexity index is 701. The van der Waals surface area contributed by atoms with Crippen LogP contribution in [0.2, 0.25) is 0 Å². The van der Waals surface area contributed by atoms with Gasteiger partial charge in [-0.25, -0.2) is 25.9 Å². The SMILES string of the molecule is CN(CC(C)(C)CN)S(=O)(=O)CCNS(=O)(=O)c1ccccc1. The van der Waals surface area contributed by atoms with Gasteiger partial charge < -0.3 is 5.73 Å². The second-order valence-corrected chi connectivity index (χ2v) is 10.1. The molecular formula is C14H25N3O4S2. The molecule has 0 saturated heterocycles. The number of nitrogens with zero attached hydrogens (tertiary/aromatic N) is 1. The van der Waals surface area contributed by atoms with Gasteiger partial charge in [-0.05, 0) is 24.1 Å². The predicted octanol–water partition coefficient (Wildman–Crippen LogP) is 0.211. The van der Waals surface area contributed by atoms with E-state index < -0.39 is 20.0 Å². The van der Waals surface area contributed by atoms with Crippen LogP contribution in [0.3, 0.4) is 0 Å². The normalized spacial score (nSPS) is 13.4. The molecular weight excluding hydrogens is 338 g/mol. The van der Waals surface area contributed by atoms with Gasteiger partial charge in [-0.15, -0.1) is 0 Å². The van der Waals surface area contributed by atoms with Crippen molar-refractivity contribution in [2.45, 2.75) is 18.7 Å². The Morgan fingerprint density at radius 2 is 1.70 bits per heavy atom. The monoisotopic (exact) mass is 363 g/mol. The number of rotatable bonds is 9. The average molecular weight is 364 g/mol. The minimum atomic E-state index is -3.70. The third-order valence-corrected chi connectivity index (χ3v) is 6.66. The molecule has 0 unspecified atom stereocenters. The zero-order chi connectivity index (χ0) is 17.7. The van der Waals surface area contributed by atoms with Gasteiger partial charge in [-0.3, -0.25) is 0 Å². The van der Waals surface area contributed by atoms with Crippen molar-refractivity contribution < 1.29 is 16.8 Å². The number of nitrogens with two attached hydrogens (primary N) is 1. The van der Waals surface area contributed by atoms with Crippen molar-refractivity contribution in [2.24, 2.45) is 11.1 Å². The van der Waals surface area contributed by atoms with Crippen molar-refractivity contribution in [3.8, 4) is 0 Å². The lowest BCUT2D eigenvalue weighted by molar-refractivity contribution is 0.292. The molecule has 0 spiro atoms. The molecule has 0 atom stereocenters. The molecule has 0 amide bonds. The molecule has 0 radical (unpaired) electrons. The smallest absolute Gasteiger partial charge is 0.240 e. The molecule has 9 heteroatoms. The second-order valence-electron chi connectivity index (χ2n) is 6.15. The molecule has 1 rings (SSSR count). The van der Waals surface area contributed by atoms with Crippen LogP contribution < -0.4 is 10.5 Å². The van der Waals surface area contributed by atoms with E-state index in [4.69, 9.17) is 5.73 Å². The van der Waals surface area contributed by atoms with Crippen molar-refractivity contribution >= 4 is 20.0 Å². The van der Waals surface area contributed by atoms with Crippen LogP contribution in [0.25, 0.3) is 0 Å². The maximum absolute atomic E-state index is 12.2. The van der Waals surface area contributed by atoms with Gasteiger partial charge in [0, 0.05) is 20.1 Å². The quantitative estimate of drug-likeness (QED) is 0.652. The lowest BCUT2D eigenvalue weighted by atomic mass is 9.94. The van der Waals surface area contributed by atoms with Crippen molar-refractivity contribution in [2.75, 3.05) is 32.4 Å². The molecule has 0 aliphatic carbocycles. The van der Waals surface area contributed by atoms with Gasteiger partial charge in [0.05, 0.1) is 10.6 Å². The Hall–Kier alpha value is -1.00. The van der Waals surface area contributed by atoms with Crippen molar-refractivity contribution in [1.29, 1.82) is 0 Å². The Morgan fingerprint density at radius 1 is 1.13 bits per heavy atom. The van der Waals surface area contributed by atoms with E-state index in [2.05, 4.69) is 4.72 Å². The van der Waals surface area contributed by atoms with Gasteiger partial charge in [-0.2, -0.15) is 0 Å². The summed E-state index contributed by atoms with van der Waals surface area (Å²) in [6.07, 6.45) is 0. The van der Waals surface area contributed by atoms with Crippen LogP contribution in [-0.4, -0.2) is 53.6 Å². The van der Waals surface area contributed by atoms with Gasteiger partial charge in [0.25, 0.3) is 0 Å². The minimum Gasteiger partial charge on any atom is -0.330 e. The highest BCUT2D eigenvalue weighted by Crippen LogP contribution is 2.16. The Morgan fingerprint density at radius 3 is 2.22 bits per heavy atom. The van der Waals surface area contributed by atoms with Crippen LogP contribution in [0, 0.1) is 5.41 Å². The summed E-state index contributed by atoms with van der Waals surface area (Å²) in [6, 6.07) is 7.82. The predicted molar refractivity (Wildman–Crippen MR) is 90.9 cm³/mol. The van der Waals surface area contributed by atoms with E-state index in [1.54, 1.807) is 18.2 Å². The van der Waals surface area contributed by atoms with Crippen LogP contribution in [-0.2, 0) is 20.0 Å². The number of sulfonamides is 2. The number of hydrogen-bond acceptors (Lipinski definition) is 5. The Balaban J connectivity index is 2.64. The molecule has 0 saturated carbocycles. The molecule has 0 heterocycles. The first kappa shape index (κ1) is 20.0. The second kappa shape index (κ2) is 7.71. The van der Waals surface area contributed by atoms with E-state index in [9.17, 15) is 16.8 Å². The largest absolute Gasteiger partial charge is 0.330 e. The molecule has 0 fully saturated rings. The summed E-state index contributed by atoms with van der Waals surface area (Å²) < 4.78 is 52.0. The van der Waals surface area contributed by atoms with Crippen LogP contribution in [0.1, 0.15) is 13.8 Å². The third-order valence-electron chi connectivity index (χ3n) is 3.38. The molecule has 0 aliphatic rings. The average Bonchev–Trinajstić information content (AvgIpc) is 2.47. The van der Waals surface area contributed by atoms with Crippen LogP contribution in [0.5, 0.6) is 0 Å². The number of hydrogen-bond donors (Lipinski definition) is 2. The van der Waals surface area contributed by atoms with Crippen molar-refractivity contribution in [3.63, 3.8) is 0 Å². The molecule has 1 aromatic carbocycles. The van der Waals surface area contributed by atoms with E-state index in [1.165, 1.54) is 23.5 Å². The van der Waals surface area contributed by atoms with Crippen LogP contribution in [0.15, 0.2) is 35.2 Å². The van der Waals surface area contributed by atoms with E-state index in [0.29, 0.717) is 6.54 Å². The lowest BCUT2D eigenvalue weighted by Gasteiger charge is -2.28. The third kappa shape index (κ3) is 6.19. The van der Waals surface area contributed by atoms with Crippen molar-refractivity contribution in [3.05, 3.63) is 30.3 Å². The molecule has 23 heavy (non-hydrogen) atoms. The standard InChI is InChI=1S/C14H25N3O4S2/c1-14(2,11-15)12-17(3)22(18,19)10-9-16-23(20,21)13-7-5-4-6-8-13/h4-8,16H,9-12,15H2,1-3H3. The van der Waals surface area contributed by atoms with E-state index in [-0.39, 0.29) is 29.2 Å². The highest BCUT2D eigenvalue weighted by Gasteiger charge is 2.26. The zero-order valence-electron chi connectivity index (χ0n) is 13.7. The zero-order valence-corrected chi connectivity index (χ0v) is 15.3. The fraction of sp³-hybridized carbons (Fsp3) is 0.571. The highest BCUT2D eigenvalue weighted by atomic mass is 32.2. The molecule has 7 nitrogen and oxygen atoms in total. The highest BCUT2D eigenvalue weighted by molar-refractivity contribution is 7.90. The Labute approximate surface area is 139 Å². The van der Waals surface area contributed by atoms with Crippen LogP contribution in [0.4, 0.5) is 0 Å². The summed E-state index contributed by atoms with van der Waals surface area (Å²) in [6.45, 7) is 4.19. The Kier molecular flexibility index (Phi) is 6.72. The van der Waals surface area contributed by atoms with Crippen LogP contribution >= 0.6 is 0 Å². The fourth-order valence-corrected chi connectivity index (χ4v) is 4.31. The van der Waals surface area contributed by atoms with Gasteiger partial charge in [0.1, 0.15) is 0 Å². The summed E-state index contributed by atoms with van der Waals surface area (Å²) in [5, 5.41) is 0. The van der Waals surface area contributed by atoms with Gasteiger partial charge >= 0.3 is 0 Å². The summed E-state index contributed by atoms with van der Waals surface area (Å²) in [5.74, 6) is -0.309. The van der Waals surface area contributed by atoms with E-state index >= 15 is 0 Å². The van der Waals surface area contributed by atoms with Gasteiger partial charge in [-0.1, -0.05) is 32.0 Å². The first-order valence-electron chi connectivity index (χ1n) is 7.19. The first-order valence-corrected chi connectivity index (χ1v) is 10.3. The molecule has 1 aromatic rings. The minimum absolute atomic E-state index is 0.106. The first-order chi connectivity index (χ1) is 10.5. The molecule has 132 valence electrons. The summed E-state index contributed by atoms with van der Waals surface area (Å²) in [7, 11) is -5.79. The summed E-state index contributed by atoms with van der Waals surface area (Å²) in [4.78, 5) is 0.106. The van der Waals surface area contributed by atoms with E-state index in [1.807, 2.05) is 13.8 Å². The molecule has 3 N–H and O–H groups in total. The maximum Gasteiger partial charge on any atom is 0.240 e. The summed E-state index contributed by atoms with van der Waals surface area (Å²) >= 11 is 0. The van der Waals surface area contributed by atoms with Gasteiger partial charge in [0.2, 0.25) is 20.0 Å². The molecule has 0 bridgehead atoms. The van der Waals surface area contributed by atoms with E-state index in [0.717, 1.165) is 0 Å². The lowest BCUT2D eigenvalue weighted by Crippen LogP contribution is -2.42. The number of nitrogens with one attached hydrogen (secondary N) is 1. The fourth-order valence-electron chi connectivity index (χ4n) is 1.91. The topological polar surface area (TPSA) is 110 Å². The summed E-state index contributed by atoms with van der Waals surface area (Å²) in [5.41, 5.74) is 5.26. The molecule has 0 aromatic heterocycles. The number of benzene rings is 1. The van der Waals surface area contributed by atoms with Crippen molar-refractivity contribution in [1.82, 2.24) is 9.03 Å². The van der Waals surface area contributed by atoms with Gasteiger partial charge in [0.15, 0.2) is 0 Å². The maximum atomic E-state index is 12.2. The molecule has 0 aliphatic heterocycles.